The zero-order chi connectivity index (χ0) is 11.5. The third-order valence-electron chi connectivity index (χ3n) is 2.66. The van der Waals surface area contributed by atoms with E-state index in [2.05, 4.69) is 12.2 Å². The average Bonchev–Trinajstić information content (AvgIpc) is 1.99. The highest BCUT2D eigenvalue weighted by Crippen LogP contribution is 2.23. The fourth-order valence-corrected chi connectivity index (χ4v) is 2.04. The minimum absolute atomic E-state index is 0.276. The van der Waals surface area contributed by atoms with Crippen LogP contribution >= 0.6 is 0 Å². The molecule has 2 atom stereocenters. The zero-order valence-corrected chi connectivity index (χ0v) is 10.3. The van der Waals surface area contributed by atoms with Gasteiger partial charge < -0.3 is 10.1 Å². The smallest absolute Gasteiger partial charge is 0.407 e. The van der Waals surface area contributed by atoms with Crippen molar-refractivity contribution in [1.82, 2.24) is 5.32 Å². The van der Waals surface area contributed by atoms with E-state index in [1.54, 1.807) is 0 Å². The van der Waals surface area contributed by atoms with Gasteiger partial charge in [0.25, 0.3) is 0 Å². The Morgan fingerprint density at radius 1 is 1.33 bits per heavy atom. The van der Waals surface area contributed by atoms with E-state index in [-0.39, 0.29) is 6.09 Å². The van der Waals surface area contributed by atoms with Crippen LogP contribution in [-0.4, -0.2) is 17.7 Å². The second-order valence-corrected chi connectivity index (χ2v) is 5.61. The van der Waals surface area contributed by atoms with Crippen LogP contribution in [0.15, 0.2) is 0 Å². The van der Waals surface area contributed by atoms with Gasteiger partial charge in [0.05, 0.1) is 0 Å². The summed E-state index contributed by atoms with van der Waals surface area (Å²) in [7, 11) is 0. The van der Waals surface area contributed by atoms with Gasteiger partial charge in [0.15, 0.2) is 0 Å². The summed E-state index contributed by atoms with van der Waals surface area (Å²) < 4.78 is 5.23. The van der Waals surface area contributed by atoms with Crippen LogP contribution in [0.4, 0.5) is 4.79 Å². The highest BCUT2D eigenvalue weighted by Gasteiger charge is 2.23. The fraction of sp³-hybridized carbons (Fsp3) is 0.917. The van der Waals surface area contributed by atoms with Gasteiger partial charge >= 0.3 is 6.09 Å². The molecule has 1 rings (SSSR count). The van der Waals surface area contributed by atoms with E-state index in [1.807, 2.05) is 20.8 Å². The molecular weight excluding hydrogens is 190 g/mol. The first-order valence-electron chi connectivity index (χ1n) is 5.86. The van der Waals surface area contributed by atoms with Gasteiger partial charge in [0, 0.05) is 6.04 Å². The molecule has 3 nitrogen and oxygen atoms in total. The van der Waals surface area contributed by atoms with Crippen molar-refractivity contribution >= 4 is 6.09 Å². The molecule has 0 aromatic heterocycles. The Bertz CT molecular complexity index is 220. The Morgan fingerprint density at radius 2 is 2.00 bits per heavy atom. The molecule has 15 heavy (non-hydrogen) atoms. The summed E-state index contributed by atoms with van der Waals surface area (Å²) >= 11 is 0. The molecule has 0 bridgehead atoms. The topological polar surface area (TPSA) is 38.3 Å². The van der Waals surface area contributed by atoms with Crippen LogP contribution in [0.1, 0.15) is 53.4 Å². The van der Waals surface area contributed by atoms with Gasteiger partial charge in [-0.15, -0.1) is 0 Å². The number of alkyl carbamates (subject to hydrolysis) is 1. The molecule has 1 amide bonds. The lowest BCUT2D eigenvalue weighted by Crippen LogP contribution is -2.41. The maximum absolute atomic E-state index is 11.5. The number of ether oxygens (including phenoxy) is 1. The van der Waals surface area contributed by atoms with E-state index in [1.165, 1.54) is 12.8 Å². The maximum Gasteiger partial charge on any atom is 0.407 e. The Labute approximate surface area is 92.6 Å². The van der Waals surface area contributed by atoms with Gasteiger partial charge in [0.2, 0.25) is 0 Å². The number of nitrogens with one attached hydrogen (secondary N) is 1. The summed E-state index contributed by atoms with van der Waals surface area (Å²) in [6, 6.07) is 0.309. The molecule has 0 radical (unpaired) electrons. The lowest BCUT2D eigenvalue weighted by molar-refractivity contribution is 0.0486. The van der Waals surface area contributed by atoms with E-state index in [0.29, 0.717) is 6.04 Å². The monoisotopic (exact) mass is 213 g/mol. The number of hydrogen-bond acceptors (Lipinski definition) is 2. The Morgan fingerprint density at radius 3 is 2.53 bits per heavy atom. The maximum atomic E-state index is 11.5. The first-order valence-corrected chi connectivity index (χ1v) is 5.86. The number of carbonyl (C=O) groups excluding carboxylic acids is 1. The zero-order valence-electron chi connectivity index (χ0n) is 10.3. The molecule has 1 fully saturated rings. The van der Waals surface area contributed by atoms with Gasteiger partial charge in [-0.2, -0.15) is 0 Å². The molecule has 1 saturated carbocycles. The molecule has 3 heteroatoms. The van der Waals surface area contributed by atoms with Crippen molar-refractivity contribution < 1.29 is 9.53 Å². The van der Waals surface area contributed by atoms with E-state index in [0.717, 1.165) is 18.8 Å². The molecule has 88 valence electrons. The van der Waals surface area contributed by atoms with Gasteiger partial charge in [0.1, 0.15) is 5.60 Å². The fourth-order valence-electron chi connectivity index (χ4n) is 2.04. The van der Waals surface area contributed by atoms with Crippen molar-refractivity contribution in [1.29, 1.82) is 0 Å². The summed E-state index contributed by atoms with van der Waals surface area (Å²) in [4.78, 5) is 11.5. The van der Waals surface area contributed by atoms with Crippen LogP contribution in [0.25, 0.3) is 0 Å². The lowest BCUT2D eigenvalue weighted by atomic mass is 9.87. The summed E-state index contributed by atoms with van der Waals surface area (Å²) in [6.07, 6.45) is 4.39. The third-order valence-corrected chi connectivity index (χ3v) is 2.66. The second-order valence-electron chi connectivity index (χ2n) is 5.61. The minimum atomic E-state index is -0.398. The van der Waals surface area contributed by atoms with Crippen molar-refractivity contribution in [3.05, 3.63) is 0 Å². The Balaban J connectivity index is 2.31. The van der Waals surface area contributed by atoms with Gasteiger partial charge in [-0.3, -0.25) is 0 Å². The first kappa shape index (κ1) is 12.3. The molecular formula is C12H23NO2. The van der Waals surface area contributed by atoms with Gasteiger partial charge in [-0.1, -0.05) is 19.8 Å². The molecule has 1 N–H and O–H groups in total. The summed E-state index contributed by atoms with van der Waals surface area (Å²) in [5, 5.41) is 2.94. The average molecular weight is 213 g/mol. The minimum Gasteiger partial charge on any atom is -0.444 e. The summed E-state index contributed by atoms with van der Waals surface area (Å²) in [5.74, 6) is 0.721. The molecule has 0 aromatic rings. The number of carbonyl (C=O) groups is 1. The molecule has 1 aliphatic rings. The normalized spacial score (nSPS) is 27.2. The van der Waals surface area contributed by atoms with Crippen LogP contribution in [0, 0.1) is 5.92 Å². The summed E-state index contributed by atoms with van der Waals surface area (Å²) in [5.41, 5.74) is -0.398. The standard InChI is InChI=1S/C12H23NO2/c1-9-6-5-7-10(8-9)13-11(14)15-12(2,3)4/h9-10H,5-8H2,1-4H3,(H,13,14)/t9-,10+/m1/s1. The van der Waals surface area contributed by atoms with Crippen LogP contribution in [-0.2, 0) is 4.74 Å². The van der Waals surface area contributed by atoms with Crippen LogP contribution in [0.2, 0.25) is 0 Å². The SMILES string of the molecule is C[C@@H]1CCC[C@H](NC(=O)OC(C)(C)C)C1. The highest BCUT2D eigenvalue weighted by molar-refractivity contribution is 5.68. The lowest BCUT2D eigenvalue weighted by Gasteiger charge is -2.28. The van der Waals surface area contributed by atoms with Crippen molar-refractivity contribution in [2.75, 3.05) is 0 Å². The van der Waals surface area contributed by atoms with Crippen molar-refractivity contribution in [3.8, 4) is 0 Å². The van der Waals surface area contributed by atoms with Crippen LogP contribution in [0.5, 0.6) is 0 Å². The molecule has 0 saturated heterocycles. The van der Waals surface area contributed by atoms with Gasteiger partial charge in [-0.05, 0) is 39.5 Å². The van der Waals surface area contributed by atoms with Crippen LogP contribution in [0.3, 0.4) is 0 Å². The quantitative estimate of drug-likeness (QED) is 0.727. The Kier molecular flexibility index (Phi) is 4.00. The predicted molar refractivity (Wildman–Crippen MR) is 60.8 cm³/mol. The van der Waals surface area contributed by atoms with Gasteiger partial charge in [-0.25, -0.2) is 4.79 Å². The number of hydrogen-bond donors (Lipinski definition) is 1. The molecule has 0 aromatic carbocycles. The van der Waals surface area contributed by atoms with Crippen molar-refractivity contribution in [2.45, 2.75) is 65.0 Å². The van der Waals surface area contributed by atoms with Crippen LogP contribution < -0.4 is 5.32 Å². The van der Waals surface area contributed by atoms with E-state index in [4.69, 9.17) is 4.74 Å². The first-order chi connectivity index (χ1) is 6.87. The third kappa shape index (κ3) is 5.05. The largest absolute Gasteiger partial charge is 0.444 e. The highest BCUT2D eigenvalue weighted by atomic mass is 16.6. The molecule has 0 heterocycles. The second kappa shape index (κ2) is 4.86. The van der Waals surface area contributed by atoms with Crippen molar-refractivity contribution in [3.63, 3.8) is 0 Å². The molecule has 0 spiro atoms. The van der Waals surface area contributed by atoms with E-state index in [9.17, 15) is 4.79 Å². The Hall–Kier alpha value is -0.730. The summed E-state index contributed by atoms with van der Waals surface area (Å²) in [6.45, 7) is 7.89. The van der Waals surface area contributed by atoms with E-state index < -0.39 is 5.60 Å². The number of amides is 1. The molecule has 1 aliphatic carbocycles. The van der Waals surface area contributed by atoms with Crippen molar-refractivity contribution in [2.24, 2.45) is 5.92 Å². The number of rotatable bonds is 1. The molecule has 0 unspecified atom stereocenters. The van der Waals surface area contributed by atoms with E-state index >= 15 is 0 Å². The predicted octanol–water partition coefficient (Wildman–Crippen LogP) is 3.09. The molecule has 0 aliphatic heterocycles.